The van der Waals surface area contributed by atoms with Gasteiger partial charge in [0.15, 0.2) is 0 Å². The van der Waals surface area contributed by atoms with Crippen LogP contribution in [-0.2, 0) is 11.2 Å². The monoisotopic (exact) mass is 195 g/mol. The van der Waals surface area contributed by atoms with Crippen LogP contribution >= 0.6 is 24.0 Å². The summed E-state index contributed by atoms with van der Waals surface area (Å²) in [6.07, 6.45) is 0. The Balaban J connectivity index is 2.20. The average Bonchev–Trinajstić information content (AvgIpc) is 2.55. The molecule has 2 aliphatic rings. The summed E-state index contributed by atoms with van der Waals surface area (Å²) in [5, 5.41) is 9.20. The van der Waals surface area contributed by atoms with Crippen LogP contribution in [0.5, 0.6) is 0 Å². The topological polar surface area (TPSA) is 66.2 Å². The molecule has 10 heavy (non-hydrogen) atoms. The van der Waals surface area contributed by atoms with Gasteiger partial charge >= 0.3 is 9.45 Å². The first-order valence-corrected chi connectivity index (χ1v) is 4.82. The second-order valence-corrected chi connectivity index (χ2v) is 5.86. The summed E-state index contributed by atoms with van der Waals surface area (Å²) in [6, 6.07) is 0. The zero-order valence-electron chi connectivity index (χ0n) is 4.47. The van der Waals surface area contributed by atoms with Gasteiger partial charge in [-0.3, -0.25) is 10.1 Å². The molecule has 0 aliphatic carbocycles. The third-order valence-corrected chi connectivity index (χ3v) is 6.04. The van der Waals surface area contributed by atoms with Crippen LogP contribution in [0.15, 0.2) is 0 Å². The standard InChI is InChI=1S/C3HNO3S3/c5-4(6)1-3(10(1)7)2(8)9-3/h1H. The molecule has 3 unspecified atom stereocenters. The number of thiocarbonyl (C=S) groups is 1. The van der Waals surface area contributed by atoms with Gasteiger partial charge in [0.2, 0.25) is 0 Å². The number of nitro groups is 1. The molecular weight excluding hydrogens is 194 g/mol. The van der Waals surface area contributed by atoms with Crippen LogP contribution in [0.4, 0.5) is 0 Å². The van der Waals surface area contributed by atoms with Crippen molar-refractivity contribution in [1.82, 2.24) is 0 Å². The highest BCUT2D eigenvalue weighted by Gasteiger charge is 2.95. The highest BCUT2D eigenvalue weighted by Crippen LogP contribution is 2.69. The smallest absolute Gasteiger partial charge is 0.423 e. The van der Waals surface area contributed by atoms with Crippen molar-refractivity contribution in [2.45, 2.75) is 9.45 Å². The lowest BCUT2D eigenvalue weighted by molar-refractivity contribution is -0.484. The number of nitrogens with zero attached hydrogens (tertiary/aromatic N) is 1. The Morgan fingerprint density at radius 2 is 2.40 bits per heavy atom. The third-order valence-electron chi connectivity index (χ3n) is 1.45. The minimum absolute atomic E-state index is 0.511. The fourth-order valence-corrected chi connectivity index (χ4v) is 4.84. The minimum Gasteiger partial charge on any atom is -0.609 e. The molecule has 0 aromatic heterocycles. The predicted molar refractivity (Wildman–Crippen MR) is 41.8 cm³/mol. The van der Waals surface area contributed by atoms with E-state index in [1.54, 1.807) is 0 Å². The molecule has 2 aliphatic heterocycles. The SMILES string of the molecule is O=[N+]([O-])C1[S+]([O-])C12SC2=S. The predicted octanol–water partition coefficient (Wildman–Crippen LogP) is 0.122. The summed E-state index contributed by atoms with van der Waals surface area (Å²) in [5.74, 6) is 0. The van der Waals surface area contributed by atoms with Crippen molar-refractivity contribution in [2.75, 3.05) is 0 Å². The van der Waals surface area contributed by atoms with Crippen LogP contribution in [0.25, 0.3) is 0 Å². The van der Waals surface area contributed by atoms with Gasteiger partial charge in [-0.25, -0.2) is 0 Å². The number of rotatable bonds is 1. The average molecular weight is 195 g/mol. The van der Waals surface area contributed by atoms with E-state index in [2.05, 4.69) is 12.2 Å². The summed E-state index contributed by atoms with van der Waals surface area (Å²) in [6.45, 7) is 0. The number of hydrogen-bond acceptors (Lipinski definition) is 5. The molecule has 0 saturated carbocycles. The Labute approximate surface area is 68.7 Å². The van der Waals surface area contributed by atoms with Crippen molar-refractivity contribution in [3.8, 4) is 0 Å². The normalized spacial score (nSPS) is 49.5. The third kappa shape index (κ3) is 0.565. The molecule has 0 bridgehead atoms. The van der Waals surface area contributed by atoms with Crippen LogP contribution in [0.2, 0.25) is 0 Å². The van der Waals surface area contributed by atoms with Gasteiger partial charge in [-0.1, -0.05) is 12.2 Å². The second-order valence-electron chi connectivity index (χ2n) is 1.99. The van der Waals surface area contributed by atoms with Crippen molar-refractivity contribution in [3.63, 3.8) is 0 Å². The van der Waals surface area contributed by atoms with E-state index in [1.165, 1.54) is 11.8 Å². The lowest BCUT2D eigenvalue weighted by Crippen LogP contribution is -2.07. The molecule has 0 radical (unpaired) electrons. The molecule has 2 saturated heterocycles. The van der Waals surface area contributed by atoms with Gasteiger partial charge in [0.25, 0.3) is 0 Å². The summed E-state index contributed by atoms with van der Waals surface area (Å²) in [7, 11) is 0. The Kier molecular flexibility index (Phi) is 1.13. The van der Waals surface area contributed by atoms with E-state index in [1.807, 2.05) is 0 Å². The molecular formula is C3HNO3S3. The zero-order chi connectivity index (χ0) is 7.52. The Bertz CT molecular complexity index is 243. The van der Waals surface area contributed by atoms with Gasteiger partial charge in [-0.15, -0.1) is 0 Å². The first-order valence-electron chi connectivity index (χ1n) is 2.38. The summed E-state index contributed by atoms with van der Waals surface area (Å²) in [5.41, 5.74) is 0. The fraction of sp³-hybridized carbons (Fsp3) is 0.667. The van der Waals surface area contributed by atoms with Gasteiger partial charge in [0.1, 0.15) is 4.20 Å². The van der Waals surface area contributed by atoms with Gasteiger partial charge in [-0.05, 0) is 11.8 Å². The van der Waals surface area contributed by atoms with E-state index >= 15 is 0 Å². The van der Waals surface area contributed by atoms with E-state index in [0.717, 1.165) is 0 Å². The lowest BCUT2D eigenvalue weighted by atomic mass is 10.5. The van der Waals surface area contributed by atoms with Crippen LogP contribution in [-0.4, -0.2) is 23.1 Å². The quantitative estimate of drug-likeness (QED) is 0.195. The van der Waals surface area contributed by atoms with Crippen LogP contribution in [0.1, 0.15) is 0 Å². The zero-order valence-corrected chi connectivity index (χ0v) is 6.92. The van der Waals surface area contributed by atoms with Crippen molar-refractivity contribution in [2.24, 2.45) is 0 Å². The lowest BCUT2D eigenvalue weighted by Gasteiger charge is -1.77. The Morgan fingerprint density at radius 3 is 2.50 bits per heavy atom. The molecule has 2 fully saturated rings. The maximum Gasteiger partial charge on any atom is 0.423 e. The van der Waals surface area contributed by atoms with E-state index < -0.39 is 25.6 Å². The molecule has 4 nitrogen and oxygen atoms in total. The van der Waals surface area contributed by atoms with Crippen LogP contribution in [0.3, 0.4) is 0 Å². The first kappa shape index (κ1) is 6.84. The maximum atomic E-state index is 10.8. The summed E-state index contributed by atoms with van der Waals surface area (Å²) < 4.78 is 10.6. The maximum absolute atomic E-state index is 10.8. The minimum atomic E-state index is -1.34. The van der Waals surface area contributed by atoms with Crippen molar-refractivity contribution in [3.05, 3.63) is 10.1 Å². The molecule has 0 aromatic carbocycles. The second kappa shape index (κ2) is 1.66. The largest absolute Gasteiger partial charge is 0.609 e. The highest BCUT2D eigenvalue weighted by molar-refractivity contribution is 8.47. The van der Waals surface area contributed by atoms with Crippen LogP contribution in [0, 0.1) is 10.1 Å². The highest BCUT2D eigenvalue weighted by atomic mass is 32.3. The number of hydrogen-bond donors (Lipinski definition) is 0. The van der Waals surface area contributed by atoms with Gasteiger partial charge < -0.3 is 4.55 Å². The molecule has 0 amide bonds. The van der Waals surface area contributed by atoms with E-state index in [9.17, 15) is 14.7 Å². The first-order chi connectivity index (χ1) is 4.60. The van der Waals surface area contributed by atoms with Crippen molar-refractivity contribution in [1.29, 1.82) is 0 Å². The molecule has 1 spiro atoms. The van der Waals surface area contributed by atoms with Crippen LogP contribution < -0.4 is 0 Å². The van der Waals surface area contributed by atoms with E-state index in [4.69, 9.17) is 0 Å². The fourth-order valence-electron chi connectivity index (χ4n) is 0.820. The molecule has 2 heterocycles. The molecule has 3 atom stereocenters. The van der Waals surface area contributed by atoms with E-state index in [-0.39, 0.29) is 0 Å². The van der Waals surface area contributed by atoms with Crippen molar-refractivity contribution >= 4 is 39.4 Å². The summed E-state index contributed by atoms with van der Waals surface area (Å²) >= 11 is 4.54. The Morgan fingerprint density at radius 1 is 1.90 bits per heavy atom. The molecule has 7 heteroatoms. The molecule has 54 valence electrons. The van der Waals surface area contributed by atoms with Crippen molar-refractivity contribution < 1.29 is 9.48 Å². The Hall–Kier alpha value is 0.150. The van der Waals surface area contributed by atoms with Gasteiger partial charge in [0.05, 0.1) is 16.1 Å². The molecule has 0 aromatic rings. The van der Waals surface area contributed by atoms with E-state index in [0.29, 0.717) is 4.20 Å². The summed E-state index contributed by atoms with van der Waals surface area (Å²) in [4.78, 5) is 9.60. The van der Waals surface area contributed by atoms with Gasteiger partial charge in [-0.2, -0.15) is 0 Å². The molecule has 2 rings (SSSR count). The molecule has 0 N–H and O–H groups in total. The van der Waals surface area contributed by atoms with Gasteiger partial charge in [0, 0.05) is 0 Å². The number of thioether (sulfide) groups is 1.